The van der Waals surface area contributed by atoms with Crippen molar-refractivity contribution < 1.29 is 0 Å². The second-order valence-corrected chi connectivity index (χ2v) is 15.5. The maximum Gasteiger partial charge on any atom is 0.0795 e. The number of para-hydroxylation sites is 4. The topological polar surface area (TPSA) is 13.1 Å². The number of fused-ring (bicyclic) bond motifs is 7. The summed E-state index contributed by atoms with van der Waals surface area (Å²) < 4.78 is 5.03. The van der Waals surface area contributed by atoms with Crippen molar-refractivity contribution in [2.24, 2.45) is 0 Å². The summed E-state index contributed by atoms with van der Waals surface area (Å²) >= 11 is 0. The van der Waals surface area contributed by atoms with Crippen molar-refractivity contribution in [3.8, 4) is 33.6 Å². The third kappa shape index (κ3) is 5.66. The van der Waals surface area contributed by atoms with Gasteiger partial charge in [0.15, 0.2) is 0 Å². The minimum absolute atomic E-state index is 1.10. The Morgan fingerprint density at radius 3 is 1.19 bits per heavy atom. The quantitative estimate of drug-likeness (QED) is 0.158. The van der Waals surface area contributed by atoms with Gasteiger partial charge in [0.25, 0.3) is 0 Å². The first kappa shape index (κ1) is 34.6. The highest BCUT2D eigenvalue weighted by molar-refractivity contribution is 6.33. The molecule has 59 heavy (non-hydrogen) atoms. The molecule has 0 saturated carbocycles. The maximum atomic E-state index is 2.52. The van der Waals surface area contributed by atoms with E-state index in [0.29, 0.717) is 0 Å². The summed E-state index contributed by atoms with van der Waals surface area (Å²) in [6.07, 6.45) is 0. The van der Waals surface area contributed by atoms with Crippen LogP contribution in [-0.2, 0) is 0 Å². The number of anilines is 3. The van der Waals surface area contributed by atoms with E-state index >= 15 is 0 Å². The Morgan fingerprint density at radius 1 is 0.339 bits per heavy atom. The number of nitrogens with zero attached hydrogens (tertiary/aromatic N) is 3. The fourth-order valence-corrected chi connectivity index (χ4v) is 9.32. The van der Waals surface area contributed by atoms with Crippen molar-refractivity contribution in [1.29, 1.82) is 0 Å². The molecule has 0 bridgehead atoms. The molecule has 0 fully saturated rings. The van der Waals surface area contributed by atoms with Gasteiger partial charge in [-0.15, -0.1) is 0 Å². The molecule has 2 aromatic heterocycles. The van der Waals surface area contributed by atoms with Gasteiger partial charge < -0.3 is 14.0 Å². The highest BCUT2D eigenvalue weighted by Crippen LogP contribution is 2.52. The number of rotatable bonds is 7. The van der Waals surface area contributed by atoms with Crippen LogP contribution in [0.25, 0.3) is 77.2 Å². The Morgan fingerprint density at radius 2 is 0.729 bits per heavy atom. The summed E-state index contributed by atoms with van der Waals surface area (Å²) in [5.74, 6) is 0. The fraction of sp³-hybridized carbons (Fsp3) is 0.0357. The van der Waals surface area contributed by atoms with Crippen LogP contribution in [0.5, 0.6) is 0 Å². The van der Waals surface area contributed by atoms with Crippen molar-refractivity contribution in [2.75, 3.05) is 4.90 Å². The van der Waals surface area contributed by atoms with Gasteiger partial charge >= 0.3 is 0 Å². The van der Waals surface area contributed by atoms with Crippen LogP contribution in [0.3, 0.4) is 0 Å². The van der Waals surface area contributed by atoms with Gasteiger partial charge in [-0.3, -0.25) is 0 Å². The Hall–Kier alpha value is -7.62. The molecule has 0 atom stereocenters. The van der Waals surface area contributed by atoms with Gasteiger partial charge in [0.05, 0.1) is 22.1 Å². The van der Waals surface area contributed by atoms with Crippen LogP contribution in [0, 0.1) is 13.8 Å². The van der Waals surface area contributed by atoms with Crippen molar-refractivity contribution >= 4 is 60.7 Å². The van der Waals surface area contributed by atoms with Gasteiger partial charge in [-0.1, -0.05) is 140 Å². The lowest BCUT2D eigenvalue weighted by Crippen LogP contribution is -2.09. The van der Waals surface area contributed by atoms with Gasteiger partial charge in [0, 0.05) is 61.1 Å². The minimum atomic E-state index is 1.10. The molecule has 0 spiro atoms. The monoisotopic (exact) mass is 755 g/mol. The Balaban J connectivity index is 1.34. The Bertz CT molecular complexity index is 3280. The second-order valence-electron chi connectivity index (χ2n) is 15.5. The zero-order chi connectivity index (χ0) is 39.5. The van der Waals surface area contributed by atoms with E-state index in [4.69, 9.17) is 0 Å². The van der Waals surface area contributed by atoms with Crippen molar-refractivity contribution in [3.05, 3.63) is 223 Å². The predicted molar refractivity (Wildman–Crippen MR) is 250 cm³/mol. The smallest absolute Gasteiger partial charge is 0.0795 e. The normalized spacial score (nSPS) is 11.6. The van der Waals surface area contributed by atoms with E-state index in [1.165, 1.54) is 77.0 Å². The van der Waals surface area contributed by atoms with Gasteiger partial charge in [-0.2, -0.15) is 0 Å². The predicted octanol–water partition coefficient (Wildman–Crippen LogP) is 15.3. The summed E-state index contributed by atoms with van der Waals surface area (Å²) in [7, 11) is 0. The number of benzene rings is 9. The molecular formula is C56H41N3. The molecule has 280 valence electrons. The summed E-state index contributed by atoms with van der Waals surface area (Å²) in [5, 5.41) is 4.93. The van der Waals surface area contributed by atoms with Crippen molar-refractivity contribution in [2.45, 2.75) is 13.8 Å². The molecule has 0 amide bonds. The van der Waals surface area contributed by atoms with Gasteiger partial charge in [-0.25, -0.2) is 0 Å². The van der Waals surface area contributed by atoms with Crippen LogP contribution in [0.15, 0.2) is 212 Å². The van der Waals surface area contributed by atoms with Gasteiger partial charge in [0.2, 0.25) is 0 Å². The highest BCUT2D eigenvalue weighted by Gasteiger charge is 2.29. The average molecular weight is 756 g/mol. The van der Waals surface area contributed by atoms with Gasteiger partial charge in [-0.05, 0) is 109 Å². The van der Waals surface area contributed by atoms with Crippen LogP contribution in [0.4, 0.5) is 17.1 Å². The van der Waals surface area contributed by atoms with E-state index in [-0.39, 0.29) is 0 Å². The first-order valence-electron chi connectivity index (χ1n) is 20.4. The number of aryl methyl sites for hydroxylation is 2. The molecule has 2 heterocycles. The van der Waals surface area contributed by atoms with Crippen LogP contribution in [0.2, 0.25) is 0 Å². The van der Waals surface area contributed by atoms with Crippen molar-refractivity contribution in [1.82, 2.24) is 9.13 Å². The molecule has 0 aliphatic rings. The van der Waals surface area contributed by atoms with Crippen LogP contribution in [0.1, 0.15) is 11.1 Å². The molecule has 11 rings (SSSR count). The molecule has 9 aromatic carbocycles. The summed E-state index contributed by atoms with van der Waals surface area (Å²) in [4.78, 5) is 2.33. The summed E-state index contributed by atoms with van der Waals surface area (Å²) in [5.41, 5.74) is 17.6. The molecule has 3 nitrogen and oxygen atoms in total. The molecule has 0 N–H and O–H groups in total. The standard InChI is InChI=1S/C56H41N3/c1-38-18-16-26-45(36-38)58-49-30-14-12-28-47(49)53-51(40-20-6-3-7-21-40)52(41-32-34-44(35-33-41)57(42-22-8-4-9-23-42)43-24-10-5-11-25-43)54-48-29-13-15-31-50(48)59(56(54)55(53)58)46-27-17-19-39(2)37-46/h3-37H,1-2H3. The zero-order valence-electron chi connectivity index (χ0n) is 33.0. The molecule has 0 unspecified atom stereocenters. The van der Waals surface area contributed by atoms with Crippen LogP contribution >= 0.6 is 0 Å². The third-order valence-corrected chi connectivity index (χ3v) is 11.7. The van der Waals surface area contributed by atoms with E-state index in [2.05, 4.69) is 240 Å². The molecule has 0 radical (unpaired) electrons. The molecule has 11 aromatic rings. The molecular weight excluding hydrogens is 715 g/mol. The molecule has 3 heteroatoms. The number of hydrogen-bond acceptors (Lipinski definition) is 1. The van der Waals surface area contributed by atoms with E-state index in [0.717, 1.165) is 28.4 Å². The second kappa shape index (κ2) is 14.1. The zero-order valence-corrected chi connectivity index (χ0v) is 33.0. The lowest BCUT2D eigenvalue weighted by molar-refractivity contribution is 1.14. The van der Waals surface area contributed by atoms with E-state index in [9.17, 15) is 0 Å². The maximum absolute atomic E-state index is 2.52. The largest absolute Gasteiger partial charge is 0.311 e. The Labute approximate surface area is 344 Å². The molecule has 0 saturated heterocycles. The highest BCUT2D eigenvalue weighted by atomic mass is 15.1. The first-order valence-corrected chi connectivity index (χ1v) is 20.4. The van der Waals surface area contributed by atoms with Gasteiger partial charge in [0.1, 0.15) is 0 Å². The van der Waals surface area contributed by atoms with Crippen molar-refractivity contribution in [3.63, 3.8) is 0 Å². The fourth-order valence-electron chi connectivity index (χ4n) is 9.32. The minimum Gasteiger partial charge on any atom is -0.311 e. The Kier molecular flexibility index (Phi) is 8.27. The number of aromatic nitrogens is 2. The summed E-state index contributed by atoms with van der Waals surface area (Å²) in [6.45, 7) is 4.37. The van der Waals surface area contributed by atoms with E-state index in [1.807, 2.05) is 0 Å². The lowest BCUT2D eigenvalue weighted by atomic mass is 9.87. The summed E-state index contributed by atoms with van der Waals surface area (Å²) in [6, 6.07) is 77.4. The van der Waals surface area contributed by atoms with Crippen LogP contribution < -0.4 is 4.90 Å². The van der Waals surface area contributed by atoms with Crippen LogP contribution in [-0.4, -0.2) is 9.13 Å². The number of hydrogen-bond donors (Lipinski definition) is 0. The lowest BCUT2D eigenvalue weighted by Gasteiger charge is -2.26. The SMILES string of the molecule is Cc1cccc(-n2c3ccccc3c3c(-c4ccccc4)c(-c4ccc(N(c5ccccc5)c5ccccc5)cc4)c4c5ccccc5n(-c5cccc(C)c5)c4c32)c1. The van der Waals surface area contributed by atoms with E-state index < -0.39 is 0 Å². The molecule has 0 aliphatic carbocycles. The molecule has 0 aliphatic heterocycles. The van der Waals surface area contributed by atoms with E-state index in [1.54, 1.807) is 0 Å². The first-order chi connectivity index (χ1) is 29.1. The average Bonchev–Trinajstić information content (AvgIpc) is 3.81. The third-order valence-electron chi connectivity index (χ3n) is 11.7.